The zero-order valence-electron chi connectivity index (χ0n) is 21.8. The number of carbonyl (C=O) groups is 2. The molecule has 8 nitrogen and oxygen atoms in total. The van der Waals surface area contributed by atoms with Crippen molar-refractivity contribution in [3.8, 4) is 11.1 Å². The minimum absolute atomic E-state index is 0.000780. The summed E-state index contributed by atoms with van der Waals surface area (Å²) in [7, 11) is -3.95. The molecule has 1 N–H and O–H groups in total. The van der Waals surface area contributed by atoms with Gasteiger partial charge in [-0.05, 0) is 56.7 Å². The van der Waals surface area contributed by atoms with Crippen molar-refractivity contribution in [1.29, 1.82) is 0 Å². The van der Waals surface area contributed by atoms with Crippen LogP contribution in [0.3, 0.4) is 0 Å². The molecular formula is C28H33N3O5S. The van der Waals surface area contributed by atoms with Crippen LogP contribution in [0.25, 0.3) is 11.1 Å². The highest BCUT2D eigenvalue weighted by Crippen LogP contribution is 2.34. The highest BCUT2D eigenvalue weighted by molar-refractivity contribution is 7.92. The summed E-state index contributed by atoms with van der Waals surface area (Å²) >= 11 is 0. The summed E-state index contributed by atoms with van der Waals surface area (Å²) in [6.07, 6.45) is 1.73. The molecule has 2 aromatic carbocycles. The molecule has 3 aromatic rings. The monoisotopic (exact) mass is 523 g/mol. The van der Waals surface area contributed by atoms with E-state index in [1.165, 1.54) is 6.92 Å². The molecule has 196 valence electrons. The van der Waals surface area contributed by atoms with Gasteiger partial charge < -0.3 is 9.42 Å². The van der Waals surface area contributed by atoms with Crippen molar-refractivity contribution in [3.05, 3.63) is 65.4 Å². The van der Waals surface area contributed by atoms with Gasteiger partial charge in [0.15, 0.2) is 5.78 Å². The quantitative estimate of drug-likeness (QED) is 0.395. The van der Waals surface area contributed by atoms with E-state index >= 15 is 0 Å². The van der Waals surface area contributed by atoms with E-state index < -0.39 is 16.1 Å². The minimum atomic E-state index is -3.95. The highest BCUT2D eigenvalue weighted by atomic mass is 32.2. The van der Waals surface area contributed by atoms with Crippen LogP contribution in [0.15, 0.2) is 57.9 Å². The number of aromatic nitrogens is 1. The van der Waals surface area contributed by atoms with E-state index in [0.717, 1.165) is 18.4 Å². The number of rotatable bonds is 10. The summed E-state index contributed by atoms with van der Waals surface area (Å²) < 4.78 is 34.1. The SMILES string of the molecule is CC(=O)C(C(C)C)N(Cc1ccc(-c2ccccc2S(=O)(=O)Nc2onc(C)c2C)cc1)C(=O)C1CC1. The van der Waals surface area contributed by atoms with Gasteiger partial charge in [0.1, 0.15) is 0 Å². The Bertz CT molecular complexity index is 1410. The maximum Gasteiger partial charge on any atom is 0.264 e. The predicted octanol–water partition coefficient (Wildman–Crippen LogP) is 5.11. The summed E-state index contributed by atoms with van der Waals surface area (Å²) in [4.78, 5) is 27.3. The average molecular weight is 524 g/mol. The smallest absolute Gasteiger partial charge is 0.264 e. The Kier molecular flexibility index (Phi) is 7.54. The van der Waals surface area contributed by atoms with E-state index in [9.17, 15) is 18.0 Å². The Morgan fingerprint density at radius 3 is 2.27 bits per heavy atom. The van der Waals surface area contributed by atoms with E-state index in [1.807, 2.05) is 38.1 Å². The van der Waals surface area contributed by atoms with Crippen LogP contribution in [0.1, 0.15) is 50.4 Å². The first kappa shape index (κ1) is 26.6. The molecule has 0 spiro atoms. The first-order chi connectivity index (χ1) is 17.5. The summed E-state index contributed by atoms with van der Waals surface area (Å²) in [5.41, 5.74) is 3.35. The molecule has 1 unspecified atom stereocenters. The maximum atomic E-state index is 13.2. The van der Waals surface area contributed by atoms with Crippen LogP contribution in [0.4, 0.5) is 5.88 Å². The van der Waals surface area contributed by atoms with E-state index in [2.05, 4.69) is 9.88 Å². The highest BCUT2D eigenvalue weighted by Gasteiger charge is 2.38. The third-order valence-electron chi connectivity index (χ3n) is 6.77. The van der Waals surface area contributed by atoms with Crippen molar-refractivity contribution in [2.45, 2.75) is 64.9 Å². The lowest BCUT2D eigenvalue weighted by Crippen LogP contribution is -2.47. The predicted molar refractivity (Wildman–Crippen MR) is 141 cm³/mol. The lowest BCUT2D eigenvalue weighted by atomic mass is 9.97. The largest absolute Gasteiger partial charge is 0.337 e. The number of anilines is 1. The zero-order chi connectivity index (χ0) is 26.9. The Morgan fingerprint density at radius 1 is 1.08 bits per heavy atom. The van der Waals surface area contributed by atoms with Gasteiger partial charge in [-0.1, -0.05) is 61.5 Å². The van der Waals surface area contributed by atoms with Crippen LogP contribution in [0, 0.1) is 25.7 Å². The molecule has 1 aliphatic carbocycles. The Balaban J connectivity index is 1.61. The minimum Gasteiger partial charge on any atom is -0.337 e. The number of hydrogen-bond acceptors (Lipinski definition) is 6. The molecular weight excluding hydrogens is 490 g/mol. The fourth-order valence-electron chi connectivity index (χ4n) is 4.54. The molecule has 0 radical (unpaired) electrons. The first-order valence-electron chi connectivity index (χ1n) is 12.4. The number of ketones is 1. The zero-order valence-corrected chi connectivity index (χ0v) is 22.6. The third kappa shape index (κ3) is 5.77. The van der Waals surface area contributed by atoms with Crippen molar-refractivity contribution >= 4 is 27.6 Å². The van der Waals surface area contributed by atoms with Gasteiger partial charge in [-0.3, -0.25) is 9.59 Å². The number of nitrogens with one attached hydrogen (secondary N) is 1. The summed E-state index contributed by atoms with van der Waals surface area (Å²) in [5.74, 6) is 0.0956. The van der Waals surface area contributed by atoms with Gasteiger partial charge in [0.25, 0.3) is 10.0 Å². The number of sulfonamides is 1. The van der Waals surface area contributed by atoms with Crippen LogP contribution in [-0.4, -0.2) is 36.2 Å². The van der Waals surface area contributed by atoms with Crippen molar-refractivity contribution < 1.29 is 22.5 Å². The van der Waals surface area contributed by atoms with Gasteiger partial charge in [0.2, 0.25) is 11.8 Å². The fraction of sp³-hybridized carbons (Fsp3) is 0.393. The van der Waals surface area contributed by atoms with Crippen molar-refractivity contribution in [2.75, 3.05) is 4.72 Å². The molecule has 0 bridgehead atoms. The second-order valence-corrected chi connectivity index (χ2v) is 11.7. The number of nitrogens with zero attached hydrogens (tertiary/aromatic N) is 2. The van der Waals surface area contributed by atoms with Gasteiger partial charge in [0, 0.05) is 23.6 Å². The third-order valence-corrected chi connectivity index (χ3v) is 8.16. The van der Waals surface area contributed by atoms with Crippen LogP contribution in [-0.2, 0) is 26.2 Å². The lowest BCUT2D eigenvalue weighted by Gasteiger charge is -2.33. The van der Waals surface area contributed by atoms with Gasteiger partial charge in [-0.25, -0.2) is 13.1 Å². The molecule has 0 saturated heterocycles. The summed E-state index contributed by atoms with van der Waals surface area (Å²) in [6.45, 7) is 9.25. The van der Waals surface area contributed by atoms with Gasteiger partial charge in [0.05, 0.1) is 16.6 Å². The lowest BCUT2D eigenvalue weighted by molar-refractivity contribution is -0.142. The van der Waals surface area contributed by atoms with Gasteiger partial charge in [-0.15, -0.1) is 0 Å². The second kappa shape index (κ2) is 10.5. The van der Waals surface area contributed by atoms with Gasteiger partial charge >= 0.3 is 0 Å². The average Bonchev–Trinajstić information content (AvgIpc) is 3.66. The topological polar surface area (TPSA) is 110 Å². The van der Waals surface area contributed by atoms with E-state index in [1.54, 1.807) is 43.0 Å². The van der Waals surface area contributed by atoms with Gasteiger partial charge in [-0.2, -0.15) is 0 Å². The molecule has 1 fully saturated rings. The number of hydrogen-bond donors (Lipinski definition) is 1. The summed E-state index contributed by atoms with van der Waals surface area (Å²) in [5, 5.41) is 3.82. The molecule has 1 amide bonds. The number of Topliss-reactive ketones (excluding diaryl/α,β-unsaturated/α-hetero) is 1. The number of carbonyl (C=O) groups excluding carboxylic acids is 2. The normalized spacial score (nSPS) is 14.4. The van der Waals surface area contributed by atoms with E-state index in [-0.39, 0.29) is 34.3 Å². The Labute approximate surface area is 218 Å². The molecule has 1 saturated carbocycles. The van der Waals surface area contributed by atoms with Crippen molar-refractivity contribution in [1.82, 2.24) is 10.1 Å². The van der Waals surface area contributed by atoms with Crippen LogP contribution >= 0.6 is 0 Å². The van der Waals surface area contributed by atoms with Crippen LogP contribution in [0.2, 0.25) is 0 Å². The Hall–Kier alpha value is -3.46. The molecule has 1 atom stereocenters. The molecule has 1 aliphatic rings. The maximum absolute atomic E-state index is 13.2. The fourth-order valence-corrected chi connectivity index (χ4v) is 5.82. The first-order valence-corrected chi connectivity index (χ1v) is 13.9. The number of benzene rings is 2. The molecule has 1 aromatic heterocycles. The van der Waals surface area contributed by atoms with Crippen molar-refractivity contribution in [3.63, 3.8) is 0 Å². The second-order valence-electron chi connectivity index (χ2n) is 10.1. The molecule has 9 heteroatoms. The summed E-state index contributed by atoms with van der Waals surface area (Å²) in [6, 6.07) is 13.7. The van der Waals surface area contributed by atoms with E-state index in [0.29, 0.717) is 28.9 Å². The van der Waals surface area contributed by atoms with Crippen LogP contribution < -0.4 is 4.72 Å². The molecule has 0 aliphatic heterocycles. The molecule has 4 rings (SSSR count). The van der Waals surface area contributed by atoms with E-state index in [4.69, 9.17) is 4.52 Å². The standard InChI is InChI=1S/C28H33N3O5S/c1-17(2)26(20(5)32)31(28(33)23-14-15-23)16-21-10-12-22(13-11-21)24-8-6-7-9-25(24)37(34,35)30-27-18(3)19(4)29-36-27/h6-13,17,23,26,30H,14-16H2,1-5H3. The number of amides is 1. The number of aryl methyl sites for hydroxylation is 1. The molecule has 37 heavy (non-hydrogen) atoms. The van der Waals surface area contributed by atoms with Crippen LogP contribution in [0.5, 0.6) is 0 Å². The molecule has 1 heterocycles. The Morgan fingerprint density at radius 2 is 1.73 bits per heavy atom. The van der Waals surface area contributed by atoms with Crippen molar-refractivity contribution in [2.24, 2.45) is 11.8 Å².